The summed E-state index contributed by atoms with van der Waals surface area (Å²) in [7, 11) is 0. The summed E-state index contributed by atoms with van der Waals surface area (Å²) in [4.78, 5) is 17.4. The standard InChI is InChI=1S/C20H25ClN4O2/c1-5-6-7-15-13(4)23-19-18(26)17(16(21)11-25(19)20(15)27)14-8-22-24(10-14)9-12(2)3/h8,10-12,26H,5-7,9H2,1-4H3. The molecule has 0 radical (unpaired) electrons. The SMILES string of the molecule is CCCCc1c(C)nc2c(O)c(-c3cnn(CC(C)C)c3)c(Cl)cn2c1=O. The summed E-state index contributed by atoms with van der Waals surface area (Å²) in [5.74, 6) is 0.344. The quantitative estimate of drug-likeness (QED) is 0.686. The fourth-order valence-corrected chi connectivity index (χ4v) is 3.54. The van der Waals surface area contributed by atoms with Gasteiger partial charge in [-0.2, -0.15) is 5.10 Å². The van der Waals surface area contributed by atoms with Gasteiger partial charge in [0.1, 0.15) is 0 Å². The summed E-state index contributed by atoms with van der Waals surface area (Å²) < 4.78 is 3.16. The second-order valence-corrected chi connectivity index (χ2v) is 7.73. The normalized spacial score (nSPS) is 11.6. The molecule has 0 aliphatic heterocycles. The van der Waals surface area contributed by atoms with Crippen LogP contribution in [-0.4, -0.2) is 24.3 Å². The van der Waals surface area contributed by atoms with E-state index < -0.39 is 0 Å². The number of aromatic nitrogens is 4. The second-order valence-electron chi connectivity index (χ2n) is 7.32. The molecule has 0 spiro atoms. The lowest BCUT2D eigenvalue weighted by Crippen LogP contribution is -2.22. The van der Waals surface area contributed by atoms with Crippen molar-refractivity contribution in [3.8, 4) is 16.9 Å². The van der Waals surface area contributed by atoms with Gasteiger partial charge in [-0.15, -0.1) is 0 Å². The van der Waals surface area contributed by atoms with Gasteiger partial charge < -0.3 is 5.11 Å². The monoisotopic (exact) mass is 388 g/mol. The highest BCUT2D eigenvalue weighted by Gasteiger charge is 2.19. The molecule has 0 fully saturated rings. The molecule has 3 rings (SSSR count). The van der Waals surface area contributed by atoms with Gasteiger partial charge in [0, 0.05) is 35.8 Å². The maximum Gasteiger partial charge on any atom is 0.261 e. The van der Waals surface area contributed by atoms with Crippen LogP contribution in [0.5, 0.6) is 5.75 Å². The lowest BCUT2D eigenvalue weighted by Gasteiger charge is -2.12. The van der Waals surface area contributed by atoms with Crippen molar-refractivity contribution in [2.45, 2.75) is 53.5 Å². The average Bonchev–Trinajstić information content (AvgIpc) is 3.03. The van der Waals surface area contributed by atoms with Crippen LogP contribution in [0, 0.1) is 12.8 Å². The molecule has 27 heavy (non-hydrogen) atoms. The van der Waals surface area contributed by atoms with E-state index in [0.717, 1.165) is 19.4 Å². The summed E-state index contributed by atoms with van der Waals surface area (Å²) >= 11 is 6.44. The molecule has 0 saturated heterocycles. The fourth-order valence-electron chi connectivity index (χ4n) is 3.25. The average molecular weight is 389 g/mol. The third kappa shape index (κ3) is 3.72. The zero-order chi connectivity index (χ0) is 19.7. The summed E-state index contributed by atoms with van der Waals surface area (Å²) in [6.07, 6.45) is 7.62. The number of nitrogens with zero attached hydrogens (tertiary/aromatic N) is 4. The highest BCUT2D eigenvalue weighted by molar-refractivity contribution is 6.33. The molecule has 1 N–H and O–H groups in total. The Hall–Kier alpha value is -2.34. The molecule has 0 aliphatic carbocycles. The predicted octanol–water partition coefficient (Wildman–Crippen LogP) is 4.22. The van der Waals surface area contributed by atoms with Gasteiger partial charge in [0.25, 0.3) is 5.56 Å². The minimum atomic E-state index is -0.176. The van der Waals surface area contributed by atoms with Gasteiger partial charge in [-0.3, -0.25) is 13.9 Å². The van der Waals surface area contributed by atoms with Crippen LogP contribution in [0.3, 0.4) is 0 Å². The lowest BCUT2D eigenvalue weighted by atomic mass is 10.1. The Morgan fingerprint density at radius 2 is 2.04 bits per heavy atom. The van der Waals surface area contributed by atoms with Gasteiger partial charge in [-0.25, -0.2) is 4.98 Å². The summed E-state index contributed by atoms with van der Waals surface area (Å²) in [6, 6.07) is 0. The number of halogens is 1. The Morgan fingerprint density at radius 3 is 2.70 bits per heavy atom. The first-order chi connectivity index (χ1) is 12.8. The van der Waals surface area contributed by atoms with Crippen molar-refractivity contribution in [1.29, 1.82) is 0 Å². The number of aryl methyl sites for hydroxylation is 1. The molecular weight excluding hydrogens is 364 g/mol. The van der Waals surface area contributed by atoms with Crippen LogP contribution < -0.4 is 5.56 Å². The summed E-state index contributed by atoms with van der Waals surface area (Å²) in [6.45, 7) is 8.87. The molecule has 0 atom stereocenters. The molecule has 3 heterocycles. The van der Waals surface area contributed by atoms with E-state index in [2.05, 4.69) is 30.9 Å². The molecule has 0 unspecified atom stereocenters. The van der Waals surface area contributed by atoms with Crippen molar-refractivity contribution in [3.63, 3.8) is 0 Å². The van der Waals surface area contributed by atoms with E-state index >= 15 is 0 Å². The van der Waals surface area contributed by atoms with Crippen molar-refractivity contribution in [3.05, 3.63) is 45.2 Å². The van der Waals surface area contributed by atoms with E-state index in [1.807, 2.05) is 10.9 Å². The smallest absolute Gasteiger partial charge is 0.261 e. The van der Waals surface area contributed by atoms with Gasteiger partial charge in [0.05, 0.1) is 16.8 Å². The molecule has 0 saturated carbocycles. The third-order valence-corrected chi connectivity index (χ3v) is 4.89. The van der Waals surface area contributed by atoms with E-state index in [1.165, 1.54) is 10.6 Å². The van der Waals surface area contributed by atoms with Crippen molar-refractivity contribution in [2.75, 3.05) is 0 Å². The van der Waals surface area contributed by atoms with Crippen LogP contribution in [0.2, 0.25) is 5.02 Å². The van der Waals surface area contributed by atoms with E-state index in [9.17, 15) is 9.90 Å². The molecule has 0 aromatic carbocycles. The molecule has 144 valence electrons. The van der Waals surface area contributed by atoms with Crippen LogP contribution in [0.25, 0.3) is 16.8 Å². The predicted molar refractivity (Wildman–Crippen MR) is 108 cm³/mol. The van der Waals surface area contributed by atoms with Crippen LogP contribution in [0.1, 0.15) is 44.9 Å². The molecule has 3 aromatic heterocycles. The zero-order valence-corrected chi connectivity index (χ0v) is 16.9. The maximum absolute atomic E-state index is 12.9. The Kier molecular flexibility index (Phi) is 5.56. The molecule has 6 nitrogen and oxygen atoms in total. The first kappa shape index (κ1) is 19.4. The number of aromatic hydroxyl groups is 1. The van der Waals surface area contributed by atoms with Crippen LogP contribution in [-0.2, 0) is 13.0 Å². The van der Waals surface area contributed by atoms with Crippen molar-refractivity contribution >= 4 is 17.2 Å². The van der Waals surface area contributed by atoms with Crippen molar-refractivity contribution < 1.29 is 5.11 Å². The highest BCUT2D eigenvalue weighted by atomic mass is 35.5. The highest BCUT2D eigenvalue weighted by Crippen LogP contribution is 2.37. The van der Waals surface area contributed by atoms with E-state index in [0.29, 0.717) is 39.7 Å². The number of hydrogen-bond acceptors (Lipinski definition) is 4. The first-order valence-corrected chi connectivity index (χ1v) is 9.67. The number of fused-ring (bicyclic) bond motifs is 1. The third-order valence-electron chi connectivity index (χ3n) is 4.60. The number of pyridine rings is 1. The topological polar surface area (TPSA) is 72.4 Å². The lowest BCUT2D eigenvalue weighted by molar-refractivity contribution is 0.478. The molecule has 3 aromatic rings. The number of unbranched alkanes of at least 4 members (excludes halogenated alkanes) is 1. The van der Waals surface area contributed by atoms with Crippen molar-refractivity contribution in [2.24, 2.45) is 5.92 Å². The minimum absolute atomic E-state index is 0.103. The van der Waals surface area contributed by atoms with Gasteiger partial charge in [0.15, 0.2) is 11.4 Å². The molecule has 7 heteroatoms. The van der Waals surface area contributed by atoms with Gasteiger partial charge in [-0.1, -0.05) is 38.8 Å². The van der Waals surface area contributed by atoms with E-state index in [-0.39, 0.29) is 17.0 Å². The van der Waals surface area contributed by atoms with Gasteiger partial charge >= 0.3 is 0 Å². The molecule has 0 aliphatic rings. The van der Waals surface area contributed by atoms with Gasteiger partial charge in [0.2, 0.25) is 0 Å². The molecule has 0 amide bonds. The fraction of sp³-hybridized carbons (Fsp3) is 0.450. The Labute approximate surface area is 163 Å². The number of rotatable bonds is 6. The minimum Gasteiger partial charge on any atom is -0.504 e. The summed E-state index contributed by atoms with van der Waals surface area (Å²) in [5.41, 5.74) is 2.50. The van der Waals surface area contributed by atoms with Gasteiger partial charge in [-0.05, 0) is 25.7 Å². The maximum atomic E-state index is 12.9. The second kappa shape index (κ2) is 7.72. The Morgan fingerprint density at radius 1 is 1.30 bits per heavy atom. The summed E-state index contributed by atoms with van der Waals surface area (Å²) in [5, 5.41) is 15.5. The Balaban J connectivity index is 2.16. The molecule has 0 bridgehead atoms. The van der Waals surface area contributed by atoms with Crippen LogP contribution in [0.4, 0.5) is 0 Å². The zero-order valence-electron chi connectivity index (χ0n) is 16.2. The van der Waals surface area contributed by atoms with E-state index in [1.54, 1.807) is 13.1 Å². The molecular formula is C20H25ClN4O2. The van der Waals surface area contributed by atoms with E-state index in [4.69, 9.17) is 11.6 Å². The first-order valence-electron chi connectivity index (χ1n) is 9.29. The van der Waals surface area contributed by atoms with Crippen LogP contribution in [0.15, 0.2) is 23.4 Å². The Bertz CT molecular complexity index is 1040. The van der Waals surface area contributed by atoms with Crippen molar-refractivity contribution in [1.82, 2.24) is 19.2 Å². The largest absolute Gasteiger partial charge is 0.504 e. The number of hydrogen-bond donors (Lipinski definition) is 1. The van der Waals surface area contributed by atoms with Crippen LogP contribution >= 0.6 is 11.6 Å².